The van der Waals surface area contributed by atoms with E-state index in [1.807, 2.05) is 39.0 Å². The third-order valence-electron chi connectivity index (χ3n) is 5.87. The maximum atomic E-state index is 12.7. The summed E-state index contributed by atoms with van der Waals surface area (Å²) in [5, 5.41) is 9.07. The summed E-state index contributed by atoms with van der Waals surface area (Å²) < 4.78 is 10.8. The molecule has 0 unspecified atom stereocenters. The SMILES string of the molecule is COCCN1CCC(c2ccc(C(=O)NNC(=O)c3cnc(C#N)nc3OCC(C)(C)C)cc2)CC1. The molecule has 1 aromatic heterocycles. The third-order valence-corrected chi connectivity index (χ3v) is 5.87. The molecule has 192 valence electrons. The fraction of sp³-hybridized carbons (Fsp3) is 0.500. The highest BCUT2D eigenvalue weighted by Crippen LogP contribution is 2.28. The fourth-order valence-corrected chi connectivity index (χ4v) is 3.84. The summed E-state index contributed by atoms with van der Waals surface area (Å²) in [7, 11) is 1.72. The van der Waals surface area contributed by atoms with Gasteiger partial charge in [-0.05, 0) is 55.0 Å². The Kier molecular flexibility index (Phi) is 9.33. The van der Waals surface area contributed by atoms with Gasteiger partial charge in [0.15, 0.2) is 0 Å². The summed E-state index contributed by atoms with van der Waals surface area (Å²) in [5.74, 6) is -0.755. The van der Waals surface area contributed by atoms with E-state index in [4.69, 9.17) is 14.7 Å². The second-order valence-electron chi connectivity index (χ2n) is 10.0. The zero-order valence-corrected chi connectivity index (χ0v) is 21.3. The Bertz CT molecular complexity index is 1080. The molecule has 0 radical (unpaired) electrons. The summed E-state index contributed by atoms with van der Waals surface area (Å²) in [6.07, 6.45) is 3.34. The first kappa shape index (κ1) is 27.0. The Hall–Kier alpha value is -3.55. The number of hydrogen-bond donors (Lipinski definition) is 2. The molecule has 0 saturated carbocycles. The molecule has 0 aliphatic carbocycles. The molecule has 0 bridgehead atoms. The van der Waals surface area contributed by atoms with Crippen molar-refractivity contribution in [2.75, 3.05) is 40.0 Å². The molecule has 3 rings (SSSR count). The van der Waals surface area contributed by atoms with E-state index in [-0.39, 0.29) is 29.3 Å². The highest BCUT2D eigenvalue weighted by molar-refractivity contribution is 6.00. The number of nitrogens with one attached hydrogen (secondary N) is 2. The van der Waals surface area contributed by atoms with Crippen molar-refractivity contribution < 1.29 is 19.1 Å². The number of hydrogen-bond acceptors (Lipinski definition) is 8. The molecule has 2 heterocycles. The van der Waals surface area contributed by atoms with Crippen molar-refractivity contribution in [3.63, 3.8) is 0 Å². The number of carbonyl (C=O) groups excluding carboxylic acids is 2. The van der Waals surface area contributed by atoms with Crippen molar-refractivity contribution in [2.45, 2.75) is 39.5 Å². The lowest BCUT2D eigenvalue weighted by Gasteiger charge is -2.32. The largest absolute Gasteiger partial charge is 0.476 e. The molecule has 1 aliphatic heterocycles. The minimum atomic E-state index is -0.645. The van der Waals surface area contributed by atoms with E-state index in [0.717, 1.165) is 39.1 Å². The number of carbonyl (C=O) groups is 2. The third kappa shape index (κ3) is 7.73. The molecule has 36 heavy (non-hydrogen) atoms. The van der Waals surface area contributed by atoms with Gasteiger partial charge in [-0.3, -0.25) is 20.4 Å². The van der Waals surface area contributed by atoms with Crippen LogP contribution in [0.15, 0.2) is 30.5 Å². The summed E-state index contributed by atoms with van der Waals surface area (Å²) >= 11 is 0. The molecule has 0 atom stereocenters. The van der Waals surface area contributed by atoms with Gasteiger partial charge in [0.05, 0.1) is 13.2 Å². The van der Waals surface area contributed by atoms with E-state index in [9.17, 15) is 9.59 Å². The number of likely N-dealkylation sites (tertiary alicyclic amines) is 1. The van der Waals surface area contributed by atoms with E-state index in [0.29, 0.717) is 11.5 Å². The normalized spacial score (nSPS) is 14.6. The first-order valence-corrected chi connectivity index (χ1v) is 12.0. The van der Waals surface area contributed by atoms with Crippen molar-refractivity contribution >= 4 is 11.8 Å². The van der Waals surface area contributed by atoms with Crippen molar-refractivity contribution in [3.05, 3.63) is 53.0 Å². The predicted octanol–water partition coefficient (Wildman–Crippen LogP) is 2.67. The number of nitriles is 1. The second kappa shape index (κ2) is 12.4. The number of hydrazine groups is 1. The minimum absolute atomic E-state index is 0.0131. The number of rotatable bonds is 8. The first-order valence-electron chi connectivity index (χ1n) is 12.0. The molecule has 0 spiro atoms. The van der Waals surface area contributed by atoms with Crippen LogP contribution in [0.2, 0.25) is 0 Å². The van der Waals surface area contributed by atoms with Crippen LogP contribution in [0.5, 0.6) is 5.88 Å². The van der Waals surface area contributed by atoms with Crippen LogP contribution in [0, 0.1) is 16.7 Å². The maximum Gasteiger partial charge on any atom is 0.276 e. The first-order chi connectivity index (χ1) is 17.2. The minimum Gasteiger partial charge on any atom is -0.476 e. The fourth-order valence-electron chi connectivity index (χ4n) is 3.84. The average Bonchev–Trinajstić information content (AvgIpc) is 2.89. The van der Waals surface area contributed by atoms with Crippen molar-refractivity contribution in [2.24, 2.45) is 5.41 Å². The lowest BCUT2D eigenvalue weighted by atomic mass is 9.89. The van der Waals surface area contributed by atoms with E-state index in [2.05, 4.69) is 25.7 Å². The summed E-state index contributed by atoms with van der Waals surface area (Å²) in [6.45, 7) is 9.94. The predicted molar refractivity (Wildman–Crippen MR) is 133 cm³/mol. The number of amides is 2. The van der Waals surface area contributed by atoms with Gasteiger partial charge in [-0.15, -0.1) is 0 Å². The molecule has 2 amide bonds. The Labute approximate surface area is 212 Å². The Morgan fingerprint density at radius 2 is 1.81 bits per heavy atom. The van der Waals surface area contributed by atoms with Crippen LogP contribution in [0.3, 0.4) is 0 Å². The molecule has 1 aromatic carbocycles. The Morgan fingerprint density at radius 1 is 1.14 bits per heavy atom. The summed E-state index contributed by atoms with van der Waals surface area (Å²) in [4.78, 5) is 35.6. The number of nitrogens with zero attached hydrogens (tertiary/aromatic N) is 4. The van der Waals surface area contributed by atoms with E-state index >= 15 is 0 Å². The molecule has 1 fully saturated rings. The van der Waals surface area contributed by atoms with Gasteiger partial charge in [-0.2, -0.15) is 10.2 Å². The molecule has 10 nitrogen and oxygen atoms in total. The van der Waals surface area contributed by atoms with Crippen LogP contribution in [0.25, 0.3) is 0 Å². The zero-order valence-electron chi connectivity index (χ0n) is 21.3. The lowest BCUT2D eigenvalue weighted by Crippen LogP contribution is -2.42. The highest BCUT2D eigenvalue weighted by Gasteiger charge is 2.22. The van der Waals surface area contributed by atoms with Gasteiger partial charge < -0.3 is 14.4 Å². The molecule has 10 heteroatoms. The molecule has 1 aliphatic rings. The van der Waals surface area contributed by atoms with E-state index in [1.165, 1.54) is 11.8 Å². The van der Waals surface area contributed by atoms with Crippen molar-refractivity contribution in [1.29, 1.82) is 5.26 Å². The summed E-state index contributed by atoms with van der Waals surface area (Å²) in [5.41, 5.74) is 6.26. The van der Waals surface area contributed by atoms with Gasteiger partial charge >= 0.3 is 0 Å². The van der Waals surface area contributed by atoms with Crippen LogP contribution in [-0.2, 0) is 4.74 Å². The number of piperidine rings is 1. The number of benzene rings is 1. The van der Waals surface area contributed by atoms with Crippen LogP contribution in [0.4, 0.5) is 0 Å². The van der Waals surface area contributed by atoms with Gasteiger partial charge in [0.2, 0.25) is 11.7 Å². The lowest BCUT2D eigenvalue weighted by molar-refractivity contribution is 0.0841. The Morgan fingerprint density at radius 3 is 2.42 bits per heavy atom. The van der Waals surface area contributed by atoms with Crippen LogP contribution < -0.4 is 15.6 Å². The molecular formula is C26H34N6O4. The topological polar surface area (TPSA) is 129 Å². The van der Waals surface area contributed by atoms with Crippen molar-refractivity contribution in [1.82, 2.24) is 25.7 Å². The molecule has 2 N–H and O–H groups in total. The molecule has 1 saturated heterocycles. The van der Waals surface area contributed by atoms with Crippen LogP contribution in [0.1, 0.15) is 71.6 Å². The zero-order chi connectivity index (χ0) is 26.1. The summed E-state index contributed by atoms with van der Waals surface area (Å²) in [6, 6.07) is 9.29. The average molecular weight is 495 g/mol. The van der Waals surface area contributed by atoms with Crippen LogP contribution >= 0.6 is 0 Å². The van der Waals surface area contributed by atoms with Gasteiger partial charge in [-0.1, -0.05) is 32.9 Å². The van der Waals surface area contributed by atoms with E-state index < -0.39 is 11.8 Å². The second-order valence-corrected chi connectivity index (χ2v) is 10.0. The van der Waals surface area contributed by atoms with Gasteiger partial charge in [0.1, 0.15) is 11.6 Å². The maximum absolute atomic E-state index is 12.7. The Balaban J connectivity index is 1.56. The smallest absolute Gasteiger partial charge is 0.276 e. The van der Waals surface area contributed by atoms with Gasteiger partial charge in [0.25, 0.3) is 11.8 Å². The number of methoxy groups -OCH3 is 1. The standard InChI is InChI=1S/C26H34N6O4/c1-26(2,3)17-36-25-21(16-28-22(15-27)29-25)24(34)31-30-23(33)20-7-5-18(6-8-20)19-9-11-32(12-10-19)13-14-35-4/h5-8,16,19H,9-14,17H2,1-4H3,(H,30,33)(H,31,34). The quantitative estimate of drug-likeness (QED) is 0.536. The monoisotopic (exact) mass is 494 g/mol. The number of ether oxygens (including phenoxy) is 2. The van der Waals surface area contributed by atoms with Gasteiger partial charge in [0, 0.05) is 25.4 Å². The number of aromatic nitrogens is 2. The van der Waals surface area contributed by atoms with E-state index in [1.54, 1.807) is 19.2 Å². The highest BCUT2D eigenvalue weighted by atomic mass is 16.5. The van der Waals surface area contributed by atoms with Crippen molar-refractivity contribution in [3.8, 4) is 11.9 Å². The molecule has 2 aromatic rings. The van der Waals surface area contributed by atoms with Gasteiger partial charge in [-0.25, -0.2) is 4.98 Å². The van der Waals surface area contributed by atoms with Crippen LogP contribution in [-0.4, -0.2) is 66.6 Å². The molecular weight excluding hydrogens is 460 g/mol.